The minimum atomic E-state index is -1.05. The SMILES string of the molecule is CCS(C)(OCCc1ccc(F)cc1)C(C)(C)C. The van der Waals surface area contributed by atoms with Crippen LogP contribution in [0.1, 0.15) is 33.3 Å². The lowest BCUT2D eigenvalue weighted by Gasteiger charge is -2.46. The molecule has 0 aromatic heterocycles. The molecule has 0 bridgehead atoms. The van der Waals surface area contributed by atoms with Gasteiger partial charge in [-0.2, -0.15) is 0 Å². The standard InChI is InChI=1S/C15H25FOS/c1-6-18(5,15(2,3)4)17-12-11-13-7-9-14(16)10-8-13/h7-10H,6,11-12H2,1-5H3. The second-order valence-corrected chi connectivity index (χ2v) is 9.65. The smallest absolute Gasteiger partial charge is 0.123 e. The second-order valence-electron chi connectivity index (χ2n) is 5.60. The molecule has 0 amide bonds. The number of rotatable bonds is 5. The largest absolute Gasteiger partial charge is 0.336 e. The van der Waals surface area contributed by atoms with E-state index < -0.39 is 10.3 Å². The molecule has 0 N–H and O–H groups in total. The fourth-order valence-electron chi connectivity index (χ4n) is 1.69. The lowest BCUT2D eigenvalue weighted by atomic mass is 10.2. The van der Waals surface area contributed by atoms with Crippen molar-refractivity contribution in [2.24, 2.45) is 0 Å². The van der Waals surface area contributed by atoms with Crippen LogP contribution in [0.5, 0.6) is 0 Å². The maximum absolute atomic E-state index is 12.8. The molecule has 0 fully saturated rings. The minimum absolute atomic E-state index is 0.182. The molecular formula is C15H25FOS. The molecule has 0 aliphatic carbocycles. The van der Waals surface area contributed by atoms with Crippen molar-refractivity contribution in [3.63, 3.8) is 0 Å². The van der Waals surface area contributed by atoms with Crippen LogP contribution in [0.15, 0.2) is 24.3 Å². The van der Waals surface area contributed by atoms with Gasteiger partial charge in [-0.15, -0.1) is 10.3 Å². The molecule has 0 aliphatic rings. The first kappa shape index (κ1) is 15.5. The van der Waals surface area contributed by atoms with E-state index in [1.54, 1.807) is 0 Å². The summed E-state index contributed by atoms with van der Waals surface area (Å²) in [5.74, 6) is 0.887. The highest BCUT2D eigenvalue weighted by Gasteiger charge is 2.31. The molecule has 0 heterocycles. The monoisotopic (exact) mass is 272 g/mol. The summed E-state index contributed by atoms with van der Waals surface area (Å²) in [5.41, 5.74) is 1.13. The van der Waals surface area contributed by atoms with E-state index in [-0.39, 0.29) is 10.6 Å². The predicted molar refractivity (Wildman–Crippen MR) is 79.9 cm³/mol. The van der Waals surface area contributed by atoms with Gasteiger partial charge in [-0.05, 0) is 36.1 Å². The number of hydrogen-bond donors (Lipinski definition) is 0. The third kappa shape index (κ3) is 3.99. The van der Waals surface area contributed by atoms with Crippen LogP contribution in [0, 0.1) is 5.82 Å². The molecule has 1 rings (SSSR count). The van der Waals surface area contributed by atoms with E-state index in [1.165, 1.54) is 12.1 Å². The first-order valence-corrected chi connectivity index (χ1v) is 8.56. The molecule has 18 heavy (non-hydrogen) atoms. The summed E-state index contributed by atoms with van der Waals surface area (Å²) in [7, 11) is -1.05. The van der Waals surface area contributed by atoms with Crippen molar-refractivity contribution >= 4 is 10.3 Å². The van der Waals surface area contributed by atoms with Gasteiger partial charge in [0.05, 0.1) is 6.61 Å². The van der Waals surface area contributed by atoms with Crippen molar-refractivity contribution < 1.29 is 8.57 Å². The second kappa shape index (κ2) is 6.07. The number of halogens is 1. The third-order valence-electron chi connectivity index (χ3n) is 3.49. The van der Waals surface area contributed by atoms with Crippen LogP contribution in [-0.4, -0.2) is 23.4 Å². The molecule has 1 aromatic rings. The summed E-state index contributed by atoms with van der Waals surface area (Å²) in [6, 6.07) is 6.67. The zero-order chi connectivity index (χ0) is 13.8. The van der Waals surface area contributed by atoms with Crippen LogP contribution in [0.4, 0.5) is 4.39 Å². The highest BCUT2D eigenvalue weighted by molar-refractivity contribution is 8.30. The van der Waals surface area contributed by atoms with Crippen LogP contribution in [-0.2, 0) is 10.6 Å². The van der Waals surface area contributed by atoms with Gasteiger partial charge in [-0.3, -0.25) is 0 Å². The van der Waals surface area contributed by atoms with E-state index in [1.807, 2.05) is 12.1 Å². The maximum Gasteiger partial charge on any atom is 0.123 e. The Bertz CT molecular complexity index is 369. The average molecular weight is 272 g/mol. The molecule has 1 atom stereocenters. The van der Waals surface area contributed by atoms with Gasteiger partial charge < -0.3 is 4.18 Å². The van der Waals surface area contributed by atoms with Crippen molar-refractivity contribution in [1.29, 1.82) is 0 Å². The highest BCUT2D eigenvalue weighted by Crippen LogP contribution is 2.56. The van der Waals surface area contributed by atoms with Gasteiger partial charge in [-0.25, -0.2) is 4.39 Å². The summed E-state index contributed by atoms with van der Waals surface area (Å²) >= 11 is 0. The van der Waals surface area contributed by atoms with Gasteiger partial charge in [0.1, 0.15) is 5.82 Å². The molecule has 1 nitrogen and oxygen atoms in total. The van der Waals surface area contributed by atoms with Gasteiger partial charge in [0.15, 0.2) is 0 Å². The van der Waals surface area contributed by atoms with Crippen LogP contribution >= 0.6 is 10.3 Å². The van der Waals surface area contributed by atoms with Gasteiger partial charge in [-0.1, -0.05) is 39.8 Å². The van der Waals surface area contributed by atoms with Crippen molar-refractivity contribution in [1.82, 2.24) is 0 Å². The van der Waals surface area contributed by atoms with Gasteiger partial charge in [0, 0.05) is 4.75 Å². The Morgan fingerprint density at radius 2 is 1.72 bits per heavy atom. The zero-order valence-corrected chi connectivity index (χ0v) is 12.9. The molecule has 3 heteroatoms. The Balaban J connectivity index is 2.52. The first-order valence-electron chi connectivity index (χ1n) is 6.43. The first-order chi connectivity index (χ1) is 8.28. The molecular weight excluding hydrogens is 247 g/mol. The molecule has 104 valence electrons. The normalized spacial score (nSPS) is 17.2. The van der Waals surface area contributed by atoms with Crippen LogP contribution in [0.3, 0.4) is 0 Å². The van der Waals surface area contributed by atoms with Gasteiger partial charge >= 0.3 is 0 Å². The highest BCUT2D eigenvalue weighted by atomic mass is 32.3. The quantitative estimate of drug-likeness (QED) is 0.764. The lowest BCUT2D eigenvalue weighted by molar-refractivity contribution is 0.352. The number of benzene rings is 1. The average Bonchev–Trinajstić information content (AvgIpc) is 2.30. The number of hydrogen-bond acceptors (Lipinski definition) is 1. The summed E-state index contributed by atoms with van der Waals surface area (Å²) in [5, 5.41) is 0. The van der Waals surface area contributed by atoms with E-state index in [9.17, 15) is 4.39 Å². The van der Waals surface area contributed by atoms with Crippen LogP contribution in [0.25, 0.3) is 0 Å². The Morgan fingerprint density at radius 3 is 2.17 bits per heavy atom. The van der Waals surface area contributed by atoms with E-state index in [0.717, 1.165) is 17.7 Å². The van der Waals surface area contributed by atoms with E-state index >= 15 is 0 Å². The van der Waals surface area contributed by atoms with Crippen molar-refractivity contribution in [3.8, 4) is 0 Å². The topological polar surface area (TPSA) is 9.23 Å². The summed E-state index contributed by atoms with van der Waals surface area (Å²) in [6.07, 6.45) is 3.09. The Kier molecular flexibility index (Phi) is 5.23. The Labute approximate surface area is 112 Å². The van der Waals surface area contributed by atoms with Crippen molar-refractivity contribution in [3.05, 3.63) is 35.6 Å². The molecule has 1 unspecified atom stereocenters. The zero-order valence-electron chi connectivity index (χ0n) is 12.1. The molecule has 0 radical (unpaired) electrons. The molecule has 1 aromatic carbocycles. The van der Waals surface area contributed by atoms with E-state index in [4.69, 9.17) is 4.18 Å². The maximum atomic E-state index is 12.8. The molecule has 0 spiro atoms. The van der Waals surface area contributed by atoms with Gasteiger partial charge in [0.25, 0.3) is 0 Å². The third-order valence-corrected chi connectivity index (χ3v) is 7.87. The molecule has 0 aliphatic heterocycles. The van der Waals surface area contributed by atoms with E-state index in [2.05, 4.69) is 34.0 Å². The predicted octanol–water partition coefficient (Wildman–Crippen LogP) is 4.55. The summed E-state index contributed by atoms with van der Waals surface area (Å²) < 4.78 is 19.1. The Hall–Kier alpha value is -0.540. The summed E-state index contributed by atoms with van der Waals surface area (Å²) in [4.78, 5) is 0. The van der Waals surface area contributed by atoms with Crippen molar-refractivity contribution in [2.45, 2.75) is 38.9 Å². The van der Waals surface area contributed by atoms with Crippen LogP contribution in [0.2, 0.25) is 0 Å². The molecule has 0 saturated carbocycles. The summed E-state index contributed by atoms with van der Waals surface area (Å²) in [6.45, 7) is 9.62. The van der Waals surface area contributed by atoms with E-state index in [0.29, 0.717) is 6.61 Å². The lowest BCUT2D eigenvalue weighted by Crippen LogP contribution is -2.28. The van der Waals surface area contributed by atoms with Crippen LogP contribution < -0.4 is 0 Å². The van der Waals surface area contributed by atoms with Crippen molar-refractivity contribution in [2.75, 3.05) is 18.6 Å². The fourth-order valence-corrected chi connectivity index (χ4v) is 3.53. The minimum Gasteiger partial charge on any atom is -0.336 e. The molecule has 0 saturated heterocycles. The Morgan fingerprint density at radius 1 is 1.17 bits per heavy atom. The van der Waals surface area contributed by atoms with Gasteiger partial charge in [0.2, 0.25) is 0 Å². The fraction of sp³-hybridized carbons (Fsp3) is 0.600.